The lowest BCUT2D eigenvalue weighted by Gasteiger charge is -2.07. The van der Waals surface area contributed by atoms with Crippen molar-refractivity contribution in [3.63, 3.8) is 0 Å². The Bertz CT molecular complexity index is 930. The summed E-state index contributed by atoms with van der Waals surface area (Å²) in [5, 5.41) is 2.84. The normalized spacial score (nSPS) is 10.7. The lowest BCUT2D eigenvalue weighted by Crippen LogP contribution is -2.22. The number of nitrogens with one attached hydrogen (secondary N) is 1. The second-order valence-corrected chi connectivity index (χ2v) is 6.43. The van der Waals surface area contributed by atoms with Gasteiger partial charge in [-0.05, 0) is 30.3 Å². The van der Waals surface area contributed by atoms with Crippen LogP contribution in [0.4, 0.5) is 10.1 Å². The number of aromatic nitrogens is 1. The molecular weight excluding hydrogens is 383 g/mol. The molecule has 0 aliphatic rings. The van der Waals surface area contributed by atoms with E-state index < -0.39 is 24.3 Å². The molecule has 26 heavy (non-hydrogen) atoms. The number of fused-ring (bicyclic) bond motifs is 1. The topological polar surface area (TPSA) is 81.4 Å². The Balaban J connectivity index is 1.45. The highest BCUT2D eigenvalue weighted by Crippen LogP contribution is 2.23. The van der Waals surface area contributed by atoms with Crippen molar-refractivity contribution in [1.82, 2.24) is 4.98 Å². The van der Waals surface area contributed by atoms with Crippen LogP contribution >= 0.6 is 23.4 Å². The van der Waals surface area contributed by atoms with Gasteiger partial charge in [0.2, 0.25) is 0 Å². The zero-order chi connectivity index (χ0) is 18.5. The van der Waals surface area contributed by atoms with Gasteiger partial charge in [-0.3, -0.25) is 9.59 Å². The molecule has 1 N–H and O–H groups in total. The molecule has 0 spiro atoms. The van der Waals surface area contributed by atoms with Crippen LogP contribution in [-0.4, -0.2) is 29.2 Å². The molecule has 6 nitrogen and oxygen atoms in total. The molecule has 9 heteroatoms. The van der Waals surface area contributed by atoms with Crippen LogP contribution in [0.2, 0.25) is 5.02 Å². The number of benzene rings is 2. The number of thioether (sulfide) groups is 1. The van der Waals surface area contributed by atoms with Crippen LogP contribution in [0.5, 0.6) is 0 Å². The molecule has 0 radical (unpaired) electrons. The predicted molar refractivity (Wildman–Crippen MR) is 95.7 cm³/mol. The van der Waals surface area contributed by atoms with Gasteiger partial charge in [0.05, 0.1) is 5.69 Å². The van der Waals surface area contributed by atoms with Crippen LogP contribution in [-0.2, 0) is 14.3 Å². The largest absolute Gasteiger partial charge is 0.455 e. The number of hydrogen-bond acceptors (Lipinski definition) is 6. The monoisotopic (exact) mass is 394 g/mol. The maximum Gasteiger partial charge on any atom is 0.316 e. The van der Waals surface area contributed by atoms with Gasteiger partial charge < -0.3 is 14.5 Å². The Labute approximate surface area is 156 Å². The lowest BCUT2D eigenvalue weighted by atomic mass is 10.3. The lowest BCUT2D eigenvalue weighted by molar-refractivity contribution is -0.144. The number of hydrogen-bond donors (Lipinski definition) is 1. The minimum absolute atomic E-state index is 0.0451. The summed E-state index contributed by atoms with van der Waals surface area (Å²) in [5.41, 5.74) is 1.26. The van der Waals surface area contributed by atoms with Gasteiger partial charge in [-0.25, -0.2) is 9.37 Å². The van der Waals surface area contributed by atoms with Crippen molar-refractivity contribution in [2.45, 2.75) is 5.22 Å². The fourth-order valence-corrected chi connectivity index (χ4v) is 2.79. The van der Waals surface area contributed by atoms with E-state index in [0.717, 1.165) is 17.8 Å². The average Bonchev–Trinajstić information content (AvgIpc) is 3.03. The van der Waals surface area contributed by atoms with E-state index in [1.54, 1.807) is 12.1 Å². The minimum atomic E-state index is -0.677. The summed E-state index contributed by atoms with van der Waals surface area (Å²) in [4.78, 5) is 27.6. The number of anilines is 1. The first-order chi connectivity index (χ1) is 12.5. The van der Waals surface area contributed by atoms with Gasteiger partial charge in [0.1, 0.15) is 17.1 Å². The van der Waals surface area contributed by atoms with E-state index in [1.807, 2.05) is 12.1 Å². The summed E-state index contributed by atoms with van der Waals surface area (Å²) in [5.74, 6) is -2.03. The van der Waals surface area contributed by atoms with Crippen LogP contribution in [0.3, 0.4) is 0 Å². The van der Waals surface area contributed by atoms with Gasteiger partial charge in [0.25, 0.3) is 11.1 Å². The number of carbonyl (C=O) groups excluding carboxylic acids is 2. The molecule has 134 valence electrons. The maximum absolute atomic E-state index is 13.6. The Morgan fingerprint density at radius 1 is 1.27 bits per heavy atom. The molecule has 1 aromatic heterocycles. The zero-order valence-electron chi connectivity index (χ0n) is 13.2. The summed E-state index contributed by atoms with van der Waals surface area (Å²) < 4.78 is 23.9. The van der Waals surface area contributed by atoms with Crippen LogP contribution in [0, 0.1) is 5.82 Å². The number of para-hydroxylation sites is 2. The third kappa shape index (κ3) is 4.74. The van der Waals surface area contributed by atoms with E-state index in [9.17, 15) is 14.0 Å². The van der Waals surface area contributed by atoms with Gasteiger partial charge in [-0.15, -0.1) is 0 Å². The van der Waals surface area contributed by atoms with Crippen LogP contribution in [0.25, 0.3) is 11.1 Å². The van der Waals surface area contributed by atoms with Crippen molar-refractivity contribution in [3.05, 3.63) is 53.3 Å². The van der Waals surface area contributed by atoms with E-state index >= 15 is 0 Å². The average molecular weight is 395 g/mol. The molecule has 0 unspecified atom stereocenters. The number of nitrogens with zero attached hydrogens (tertiary/aromatic N) is 1. The molecule has 0 fully saturated rings. The number of halogens is 2. The standard InChI is InChI=1S/C17H12ClFN2O4S/c18-10-5-6-12(11(19)7-10)20-15(22)8-24-16(23)9-26-17-21-13-3-1-2-4-14(13)25-17/h1-7H,8-9H2,(H,20,22). The van der Waals surface area contributed by atoms with Gasteiger partial charge in [-0.1, -0.05) is 35.5 Å². The third-order valence-corrected chi connectivity index (χ3v) is 4.19. The molecule has 2 aromatic carbocycles. The van der Waals surface area contributed by atoms with Gasteiger partial charge in [0.15, 0.2) is 12.2 Å². The first kappa shape index (κ1) is 18.2. The fourth-order valence-electron chi connectivity index (χ4n) is 2.00. The Hall–Kier alpha value is -2.58. The van der Waals surface area contributed by atoms with Crippen molar-refractivity contribution in [3.8, 4) is 0 Å². The molecule has 0 aliphatic heterocycles. The van der Waals surface area contributed by atoms with Crippen molar-refractivity contribution in [2.75, 3.05) is 17.7 Å². The number of rotatable bonds is 6. The number of carbonyl (C=O) groups is 2. The minimum Gasteiger partial charge on any atom is -0.455 e. The van der Waals surface area contributed by atoms with Crippen molar-refractivity contribution in [1.29, 1.82) is 0 Å². The van der Waals surface area contributed by atoms with Crippen LogP contribution in [0.1, 0.15) is 0 Å². The fraction of sp³-hybridized carbons (Fsp3) is 0.118. The molecule has 3 aromatic rings. The van der Waals surface area contributed by atoms with Crippen molar-refractivity contribution >= 4 is 52.0 Å². The first-order valence-electron chi connectivity index (χ1n) is 7.40. The smallest absolute Gasteiger partial charge is 0.316 e. The highest BCUT2D eigenvalue weighted by atomic mass is 35.5. The van der Waals surface area contributed by atoms with E-state index in [1.165, 1.54) is 12.1 Å². The molecule has 0 aliphatic carbocycles. The molecule has 0 atom stereocenters. The van der Waals surface area contributed by atoms with Crippen molar-refractivity contribution in [2.24, 2.45) is 0 Å². The Morgan fingerprint density at radius 3 is 2.85 bits per heavy atom. The Kier molecular flexibility index (Phi) is 5.75. The maximum atomic E-state index is 13.6. The SMILES string of the molecule is O=C(COC(=O)CSc1nc2ccccc2o1)Nc1ccc(Cl)cc1F. The molecular formula is C17H12ClFN2O4S. The van der Waals surface area contributed by atoms with E-state index in [-0.39, 0.29) is 16.5 Å². The number of oxazole rings is 1. The van der Waals surface area contributed by atoms with Gasteiger partial charge in [0, 0.05) is 5.02 Å². The third-order valence-electron chi connectivity index (χ3n) is 3.16. The second kappa shape index (κ2) is 8.20. The zero-order valence-corrected chi connectivity index (χ0v) is 14.8. The summed E-state index contributed by atoms with van der Waals surface area (Å²) in [6.07, 6.45) is 0. The highest BCUT2D eigenvalue weighted by Gasteiger charge is 2.13. The first-order valence-corrected chi connectivity index (χ1v) is 8.76. The van der Waals surface area contributed by atoms with Crippen LogP contribution < -0.4 is 5.32 Å². The van der Waals surface area contributed by atoms with Crippen LogP contribution in [0.15, 0.2) is 52.1 Å². The van der Waals surface area contributed by atoms with Crippen molar-refractivity contribution < 1.29 is 23.1 Å². The highest BCUT2D eigenvalue weighted by molar-refractivity contribution is 7.99. The van der Waals surface area contributed by atoms with Gasteiger partial charge >= 0.3 is 5.97 Å². The van der Waals surface area contributed by atoms with Gasteiger partial charge in [-0.2, -0.15) is 0 Å². The summed E-state index contributed by atoms with van der Waals surface area (Å²) >= 11 is 6.69. The molecule has 1 heterocycles. The molecule has 0 saturated carbocycles. The summed E-state index contributed by atoms with van der Waals surface area (Å²) in [6.45, 7) is -0.533. The van der Waals surface area contributed by atoms with E-state index in [2.05, 4.69) is 10.3 Å². The molecule has 3 rings (SSSR count). The Morgan fingerprint density at radius 2 is 2.08 bits per heavy atom. The molecule has 0 saturated heterocycles. The molecule has 0 bridgehead atoms. The molecule has 1 amide bonds. The summed E-state index contributed by atoms with van der Waals surface area (Å²) in [6, 6.07) is 11.0. The van der Waals surface area contributed by atoms with E-state index in [0.29, 0.717) is 16.3 Å². The summed E-state index contributed by atoms with van der Waals surface area (Å²) in [7, 11) is 0. The van der Waals surface area contributed by atoms with E-state index in [4.69, 9.17) is 20.8 Å². The number of ether oxygens (including phenoxy) is 1. The second-order valence-electron chi connectivity index (χ2n) is 5.07. The predicted octanol–water partition coefficient (Wildman–Crippen LogP) is 3.89. The quantitative estimate of drug-likeness (QED) is 0.504. The number of esters is 1. The number of amides is 1.